The van der Waals surface area contributed by atoms with Crippen molar-refractivity contribution in [3.63, 3.8) is 0 Å². The van der Waals surface area contributed by atoms with Crippen LogP contribution in [-0.2, 0) is 0 Å². The average Bonchev–Trinajstić information content (AvgIpc) is 3.35. The first-order chi connectivity index (χ1) is 29.8. The molecule has 0 radical (unpaired) electrons. The van der Waals surface area contributed by atoms with E-state index in [-0.39, 0.29) is 0 Å². The van der Waals surface area contributed by atoms with E-state index in [2.05, 4.69) is 237 Å². The Labute approximate surface area is 351 Å². The quantitative estimate of drug-likeness (QED) is 0.146. The van der Waals surface area contributed by atoms with E-state index in [0.717, 1.165) is 61.5 Å². The Morgan fingerprint density at radius 2 is 0.550 bits per heavy atom. The molecule has 0 aliphatic carbocycles. The maximum absolute atomic E-state index is 5.32. The minimum Gasteiger partial charge on any atom is -0.228 e. The number of aromatic nitrogens is 2. The van der Waals surface area contributed by atoms with Gasteiger partial charge in [-0.2, -0.15) is 0 Å². The van der Waals surface area contributed by atoms with Gasteiger partial charge in [-0.05, 0) is 91.0 Å². The van der Waals surface area contributed by atoms with Crippen molar-refractivity contribution in [2.45, 2.75) is 0 Å². The number of hydrogen-bond donors (Lipinski definition) is 0. The first-order valence-electron chi connectivity index (χ1n) is 20.4. The molecule has 0 amide bonds. The van der Waals surface area contributed by atoms with Crippen LogP contribution in [-0.4, -0.2) is 9.97 Å². The van der Waals surface area contributed by atoms with Crippen LogP contribution in [0.3, 0.4) is 0 Å². The van der Waals surface area contributed by atoms with E-state index in [1.54, 1.807) is 0 Å². The molecule has 0 spiro atoms. The second-order valence-electron chi connectivity index (χ2n) is 14.9. The Morgan fingerprint density at radius 1 is 0.200 bits per heavy atom. The van der Waals surface area contributed by atoms with Crippen molar-refractivity contribution in [2.24, 2.45) is 0 Å². The standard InChI is InChI=1S/C58H40N2/c1-7-21-41(22-8-1)47-33-19-35-49(37-47)54-40-53(43-25-11-3-12-26-43)59-58(60-54)50-36-20-34-48(38-50)52-39-51(42-23-9-2-10-24-42)55(44-27-13-4-14-28-44)57(46-31-17-6-18-32-46)56(52)45-29-15-5-16-30-45/h1-40H. The van der Waals surface area contributed by atoms with E-state index in [1.165, 1.54) is 33.4 Å². The summed E-state index contributed by atoms with van der Waals surface area (Å²) in [5.41, 5.74) is 18.7. The van der Waals surface area contributed by atoms with Gasteiger partial charge in [0.25, 0.3) is 0 Å². The summed E-state index contributed by atoms with van der Waals surface area (Å²) in [6, 6.07) is 86.1. The van der Waals surface area contributed by atoms with Gasteiger partial charge in [0, 0.05) is 16.7 Å². The molecule has 0 saturated carbocycles. The molecule has 1 aromatic heterocycles. The van der Waals surface area contributed by atoms with E-state index in [1.807, 2.05) is 6.07 Å². The highest BCUT2D eigenvalue weighted by molar-refractivity contribution is 6.07. The Hall–Kier alpha value is -7.94. The molecule has 10 aromatic rings. The van der Waals surface area contributed by atoms with Crippen molar-refractivity contribution in [3.8, 4) is 101 Å². The largest absolute Gasteiger partial charge is 0.228 e. The number of rotatable bonds is 9. The van der Waals surface area contributed by atoms with Gasteiger partial charge >= 0.3 is 0 Å². The third-order valence-electron chi connectivity index (χ3n) is 11.1. The normalized spacial score (nSPS) is 11.0. The SMILES string of the molecule is c1ccc(-c2cccc(-c3cc(-c4ccccc4)nc(-c4cccc(-c5cc(-c6ccccc6)c(-c6ccccc6)c(-c6ccccc6)c5-c5ccccc5)c4)n3)c2)cc1. The van der Waals surface area contributed by atoms with Gasteiger partial charge in [0.1, 0.15) is 0 Å². The van der Waals surface area contributed by atoms with E-state index >= 15 is 0 Å². The van der Waals surface area contributed by atoms with Crippen molar-refractivity contribution >= 4 is 0 Å². The van der Waals surface area contributed by atoms with E-state index in [9.17, 15) is 0 Å². The van der Waals surface area contributed by atoms with Crippen molar-refractivity contribution < 1.29 is 0 Å². The van der Waals surface area contributed by atoms with Gasteiger partial charge in [-0.1, -0.05) is 218 Å². The summed E-state index contributed by atoms with van der Waals surface area (Å²) in [4.78, 5) is 10.6. The average molecular weight is 765 g/mol. The maximum Gasteiger partial charge on any atom is 0.160 e. The third kappa shape index (κ3) is 7.35. The van der Waals surface area contributed by atoms with E-state index in [0.29, 0.717) is 5.82 Å². The van der Waals surface area contributed by atoms with Crippen LogP contribution in [0.15, 0.2) is 243 Å². The van der Waals surface area contributed by atoms with Crippen LogP contribution < -0.4 is 0 Å². The lowest BCUT2D eigenvalue weighted by molar-refractivity contribution is 1.18. The fourth-order valence-corrected chi connectivity index (χ4v) is 8.25. The Balaban J connectivity index is 1.23. The summed E-state index contributed by atoms with van der Waals surface area (Å²) in [5.74, 6) is 0.673. The van der Waals surface area contributed by atoms with Crippen LogP contribution in [0.1, 0.15) is 0 Å². The summed E-state index contributed by atoms with van der Waals surface area (Å²) >= 11 is 0. The summed E-state index contributed by atoms with van der Waals surface area (Å²) in [7, 11) is 0. The van der Waals surface area contributed by atoms with Crippen molar-refractivity contribution in [2.75, 3.05) is 0 Å². The highest BCUT2D eigenvalue weighted by atomic mass is 14.9. The predicted octanol–water partition coefficient (Wildman–Crippen LogP) is 15.5. The number of benzene rings is 9. The molecule has 0 aliphatic heterocycles. The first kappa shape index (κ1) is 36.4. The molecule has 0 N–H and O–H groups in total. The topological polar surface area (TPSA) is 25.8 Å². The summed E-state index contributed by atoms with van der Waals surface area (Å²) < 4.78 is 0. The lowest BCUT2D eigenvalue weighted by atomic mass is 9.79. The Morgan fingerprint density at radius 3 is 1.08 bits per heavy atom. The van der Waals surface area contributed by atoms with Crippen LogP contribution in [0.5, 0.6) is 0 Å². The Bertz CT molecular complexity index is 3040. The van der Waals surface area contributed by atoms with Gasteiger partial charge in [0.15, 0.2) is 5.82 Å². The van der Waals surface area contributed by atoms with Gasteiger partial charge in [0.05, 0.1) is 11.4 Å². The third-order valence-corrected chi connectivity index (χ3v) is 11.1. The van der Waals surface area contributed by atoms with E-state index in [4.69, 9.17) is 9.97 Å². The molecule has 2 heteroatoms. The van der Waals surface area contributed by atoms with Crippen LogP contribution in [0, 0.1) is 0 Å². The predicted molar refractivity (Wildman–Crippen MR) is 251 cm³/mol. The second kappa shape index (κ2) is 16.5. The van der Waals surface area contributed by atoms with Gasteiger partial charge in [0.2, 0.25) is 0 Å². The lowest BCUT2D eigenvalue weighted by Gasteiger charge is -2.24. The highest BCUT2D eigenvalue weighted by Gasteiger charge is 2.24. The molecule has 0 bridgehead atoms. The zero-order chi connectivity index (χ0) is 40.1. The molecule has 0 fully saturated rings. The summed E-state index contributed by atoms with van der Waals surface area (Å²) in [6.45, 7) is 0. The molecule has 9 aromatic carbocycles. The molecule has 0 unspecified atom stereocenters. The zero-order valence-corrected chi connectivity index (χ0v) is 33.0. The molecule has 60 heavy (non-hydrogen) atoms. The molecule has 2 nitrogen and oxygen atoms in total. The molecule has 1 heterocycles. The Kier molecular flexibility index (Phi) is 10.0. The van der Waals surface area contributed by atoms with Crippen LogP contribution >= 0.6 is 0 Å². The minimum atomic E-state index is 0.673. The number of hydrogen-bond acceptors (Lipinski definition) is 2. The van der Waals surface area contributed by atoms with Crippen molar-refractivity contribution in [1.29, 1.82) is 0 Å². The molecule has 10 rings (SSSR count). The first-order valence-corrected chi connectivity index (χ1v) is 20.4. The summed E-state index contributed by atoms with van der Waals surface area (Å²) in [6.07, 6.45) is 0. The number of nitrogens with zero attached hydrogens (tertiary/aromatic N) is 2. The van der Waals surface area contributed by atoms with Gasteiger partial charge in [-0.3, -0.25) is 0 Å². The van der Waals surface area contributed by atoms with Crippen LogP contribution in [0.2, 0.25) is 0 Å². The monoisotopic (exact) mass is 764 g/mol. The van der Waals surface area contributed by atoms with Crippen molar-refractivity contribution in [3.05, 3.63) is 243 Å². The summed E-state index contributed by atoms with van der Waals surface area (Å²) in [5, 5.41) is 0. The minimum absolute atomic E-state index is 0.673. The van der Waals surface area contributed by atoms with Gasteiger partial charge in [-0.15, -0.1) is 0 Å². The fraction of sp³-hybridized carbons (Fsp3) is 0. The molecule has 282 valence electrons. The molecule has 0 atom stereocenters. The highest BCUT2D eigenvalue weighted by Crippen LogP contribution is 2.50. The van der Waals surface area contributed by atoms with Crippen molar-refractivity contribution in [1.82, 2.24) is 9.97 Å². The molecule has 0 saturated heterocycles. The lowest BCUT2D eigenvalue weighted by Crippen LogP contribution is -1.99. The maximum atomic E-state index is 5.32. The molecule has 0 aliphatic rings. The molecular weight excluding hydrogens is 725 g/mol. The van der Waals surface area contributed by atoms with Crippen LogP contribution in [0.4, 0.5) is 0 Å². The molecular formula is C58H40N2. The van der Waals surface area contributed by atoms with Gasteiger partial charge < -0.3 is 0 Å². The van der Waals surface area contributed by atoms with E-state index < -0.39 is 0 Å². The second-order valence-corrected chi connectivity index (χ2v) is 14.9. The zero-order valence-electron chi connectivity index (χ0n) is 33.0. The van der Waals surface area contributed by atoms with Crippen LogP contribution in [0.25, 0.3) is 101 Å². The smallest absolute Gasteiger partial charge is 0.160 e. The van der Waals surface area contributed by atoms with Gasteiger partial charge in [-0.25, -0.2) is 9.97 Å². The fourth-order valence-electron chi connectivity index (χ4n) is 8.25.